The fraction of sp³-hybridized carbons (Fsp3) is 0.278. The number of halogens is 1. The third-order valence-electron chi connectivity index (χ3n) is 3.52. The molecule has 0 saturated heterocycles. The molecule has 5 heteroatoms. The van der Waals surface area contributed by atoms with Crippen LogP contribution in [0, 0.1) is 0 Å². The number of hydrogen-bond acceptors (Lipinski definition) is 3. The number of carbonyl (C=O) groups excluding carboxylic acids is 1. The molecule has 0 radical (unpaired) electrons. The molecule has 0 saturated carbocycles. The summed E-state index contributed by atoms with van der Waals surface area (Å²) < 4.78 is 11.6. The van der Waals surface area contributed by atoms with Crippen molar-refractivity contribution in [3.05, 3.63) is 53.1 Å². The maximum absolute atomic E-state index is 12.0. The lowest BCUT2D eigenvalue weighted by atomic mass is 10.0. The normalized spacial score (nSPS) is 14.7. The number of nitrogens with one attached hydrogen (secondary N) is 1. The fourth-order valence-corrected chi connectivity index (χ4v) is 2.80. The average molecular weight is 332 g/mol. The molecule has 1 amide bonds. The highest BCUT2D eigenvalue weighted by atomic mass is 35.5. The lowest BCUT2D eigenvalue weighted by molar-refractivity contribution is -0.118. The molecule has 3 rings (SSSR count). The minimum absolute atomic E-state index is 0.0905. The van der Waals surface area contributed by atoms with Gasteiger partial charge < -0.3 is 14.8 Å². The van der Waals surface area contributed by atoms with Crippen LogP contribution in [-0.2, 0) is 11.2 Å². The minimum Gasteiger partial charge on any atom is -0.483 e. The van der Waals surface area contributed by atoms with Gasteiger partial charge in [-0.15, -0.1) is 0 Å². The Morgan fingerprint density at radius 2 is 2.09 bits per heavy atom. The first-order valence-electron chi connectivity index (χ1n) is 7.42. The van der Waals surface area contributed by atoms with Gasteiger partial charge in [-0.2, -0.15) is 0 Å². The highest BCUT2D eigenvalue weighted by Gasteiger charge is 2.32. The molecule has 0 bridgehead atoms. The second-order valence-corrected chi connectivity index (χ2v) is 6.57. The van der Waals surface area contributed by atoms with Crippen LogP contribution in [0.2, 0.25) is 5.02 Å². The first-order chi connectivity index (χ1) is 10.9. The zero-order valence-corrected chi connectivity index (χ0v) is 13.8. The lowest BCUT2D eigenvalue weighted by Crippen LogP contribution is -2.25. The van der Waals surface area contributed by atoms with Crippen molar-refractivity contribution < 1.29 is 14.3 Å². The van der Waals surface area contributed by atoms with Gasteiger partial charge in [0, 0.05) is 22.7 Å². The van der Waals surface area contributed by atoms with Gasteiger partial charge in [0.05, 0.1) is 0 Å². The summed E-state index contributed by atoms with van der Waals surface area (Å²) in [7, 11) is 0. The van der Waals surface area contributed by atoms with Gasteiger partial charge in [0.15, 0.2) is 18.1 Å². The monoisotopic (exact) mass is 331 g/mol. The SMILES string of the molecule is CC1(C)Cc2cccc(OCC(=O)Nc3cccc(Cl)c3)c2O1. The van der Waals surface area contributed by atoms with Crippen LogP contribution in [0.5, 0.6) is 11.5 Å². The molecule has 2 aromatic rings. The molecule has 0 fully saturated rings. The quantitative estimate of drug-likeness (QED) is 0.918. The summed E-state index contributed by atoms with van der Waals surface area (Å²) in [5.41, 5.74) is 1.50. The number of fused-ring (bicyclic) bond motifs is 1. The van der Waals surface area contributed by atoms with Crippen molar-refractivity contribution in [3.63, 3.8) is 0 Å². The zero-order valence-electron chi connectivity index (χ0n) is 13.1. The lowest BCUT2D eigenvalue weighted by Gasteiger charge is -2.18. The smallest absolute Gasteiger partial charge is 0.262 e. The second kappa shape index (κ2) is 6.13. The Kier molecular flexibility index (Phi) is 4.18. The molecule has 4 nitrogen and oxygen atoms in total. The Balaban J connectivity index is 1.63. The van der Waals surface area contributed by atoms with Crippen LogP contribution in [-0.4, -0.2) is 18.1 Å². The van der Waals surface area contributed by atoms with Crippen LogP contribution < -0.4 is 14.8 Å². The molecule has 1 N–H and O–H groups in total. The minimum atomic E-state index is -0.248. The molecule has 1 aliphatic heterocycles. The summed E-state index contributed by atoms with van der Waals surface area (Å²) in [6.45, 7) is 3.97. The Bertz CT molecular complexity index is 743. The summed E-state index contributed by atoms with van der Waals surface area (Å²) in [5.74, 6) is 1.07. The van der Waals surface area contributed by atoms with Crippen molar-refractivity contribution in [1.82, 2.24) is 0 Å². The largest absolute Gasteiger partial charge is 0.483 e. The van der Waals surface area contributed by atoms with Gasteiger partial charge in [0.2, 0.25) is 0 Å². The van der Waals surface area contributed by atoms with Gasteiger partial charge in [-0.3, -0.25) is 4.79 Å². The van der Waals surface area contributed by atoms with Crippen LogP contribution in [0.1, 0.15) is 19.4 Å². The van der Waals surface area contributed by atoms with Crippen LogP contribution in [0.15, 0.2) is 42.5 Å². The predicted octanol–water partition coefficient (Wildman–Crippen LogP) is 4.07. The topological polar surface area (TPSA) is 47.6 Å². The van der Waals surface area contributed by atoms with Gasteiger partial charge in [-0.25, -0.2) is 0 Å². The van der Waals surface area contributed by atoms with Gasteiger partial charge >= 0.3 is 0 Å². The summed E-state index contributed by atoms with van der Waals surface area (Å²) in [6, 6.07) is 12.7. The molecular formula is C18H18ClNO3. The molecule has 0 spiro atoms. The van der Waals surface area contributed by atoms with E-state index in [1.165, 1.54) is 0 Å². The van der Waals surface area contributed by atoms with E-state index in [0.717, 1.165) is 17.7 Å². The number of para-hydroxylation sites is 1. The fourth-order valence-electron chi connectivity index (χ4n) is 2.61. The van der Waals surface area contributed by atoms with E-state index in [1.807, 2.05) is 32.0 Å². The number of rotatable bonds is 4. The van der Waals surface area contributed by atoms with Gasteiger partial charge in [-0.05, 0) is 38.1 Å². The van der Waals surface area contributed by atoms with E-state index in [1.54, 1.807) is 24.3 Å². The van der Waals surface area contributed by atoms with Crippen molar-refractivity contribution in [2.24, 2.45) is 0 Å². The molecule has 1 heterocycles. The number of hydrogen-bond donors (Lipinski definition) is 1. The Hall–Kier alpha value is -2.20. The van der Waals surface area contributed by atoms with E-state index in [0.29, 0.717) is 16.5 Å². The molecule has 23 heavy (non-hydrogen) atoms. The summed E-state index contributed by atoms with van der Waals surface area (Å²) in [5, 5.41) is 3.32. The Labute approximate surface area is 140 Å². The van der Waals surface area contributed by atoms with E-state index >= 15 is 0 Å². The third kappa shape index (κ3) is 3.77. The van der Waals surface area contributed by atoms with Crippen molar-refractivity contribution in [1.29, 1.82) is 0 Å². The van der Waals surface area contributed by atoms with Gasteiger partial charge in [0.1, 0.15) is 5.60 Å². The second-order valence-electron chi connectivity index (χ2n) is 6.13. The molecule has 1 aliphatic rings. The van der Waals surface area contributed by atoms with E-state index < -0.39 is 0 Å². The standard InChI is InChI=1S/C18H18ClNO3/c1-18(2)10-12-5-3-8-15(17(12)23-18)22-11-16(21)20-14-7-4-6-13(19)9-14/h3-9H,10-11H2,1-2H3,(H,20,21). The number of ether oxygens (including phenoxy) is 2. The summed E-state index contributed by atoms with van der Waals surface area (Å²) in [6.07, 6.45) is 0.828. The highest BCUT2D eigenvalue weighted by Crippen LogP contribution is 2.41. The van der Waals surface area contributed by atoms with Crippen molar-refractivity contribution in [2.75, 3.05) is 11.9 Å². The van der Waals surface area contributed by atoms with Gasteiger partial charge in [0.25, 0.3) is 5.91 Å². The van der Waals surface area contributed by atoms with E-state index in [-0.39, 0.29) is 18.1 Å². The number of benzene rings is 2. The maximum Gasteiger partial charge on any atom is 0.262 e. The summed E-state index contributed by atoms with van der Waals surface area (Å²) in [4.78, 5) is 12.0. The van der Waals surface area contributed by atoms with E-state index in [9.17, 15) is 4.79 Å². The Morgan fingerprint density at radius 3 is 2.87 bits per heavy atom. The number of amides is 1. The average Bonchev–Trinajstić information content (AvgIpc) is 2.79. The van der Waals surface area contributed by atoms with Gasteiger partial charge in [-0.1, -0.05) is 29.8 Å². The van der Waals surface area contributed by atoms with Crippen molar-refractivity contribution >= 4 is 23.2 Å². The molecule has 0 aliphatic carbocycles. The Morgan fingerprint density at radius 1 is 1.30 bits per heavy atom. The number of anilines is 1. The predicted molar refractivity (Wildman–Crippen MR) is 90.4 cm³/mol. The first-order valence-corrected chi connectivity index (χ1v) is 7.80. The van der Waals surface area contributed by atoms with Crippen LogP contribution in [0.3, 0.4) is 0 Å². The molecule has 120 valence electrons. The number of carbonyl (C=O) groups is 1. The summed E-state index contributed by atoms with van der Waals surface area (Å²) >= 11 is 5.89. The van der Waals surface area contributed by atoms with Crippen LogP contribution in [0.25, 0.3) is 0 Å². The van der Waals surface area contributed by atoms with E-state index in [2.05, 4.69) is 5.32 Å². The first kappa shape index (κ1) is 15.7. The maximum atomic E-state index is 12.0. The molecule has 0 aromatic heterocycles. The zero-order chi connectivity index (χ0) is 16.4. The van der Waals surface area contributed by atoms with Crippen molar-refractivity contribution in [3.8, 4) is 11.5 Å². The van der Waals surface area contributed by atoms with Crippen LogP contribution in [0.4, 0.5) is 5.69 Å². The van der Waals surface area contributed by atoms with Crippen LogP contribution >= 0.6 is 11.6 Å². The van der Waals surface area contributed by atoms with Crippen molar-refractivity contribution in [2.45, 2.75) is 25.9 Å². The molecule has 0 unspecified atom stereocenters. The van der Waals surface area contributed by atoms with E-state index in [4.69, 9.17) is 21.1 Å². The molecular weight excluding hydrogens is 314 g/mol. The molecule has 0 atom stereocenters. The highest BCUT2D eigenvalue weighted by molar-refractivity contribution is 6.30. The molecule has 2 aromatic carbocycles. The third-order valence-corrected chi connectivity index (χ3v) is 3.76.